The van der Waals surface area contributed by atoms with Gasteiger partial charge >= 0.3 is 0 Å². The zero-order valence-electron chi connectivity index (χ0n) is 10.2. The fourth-order valence-corrected chi connectivity index (χ4v) is 2.81. The van der Waals surface area contributed by atoms with E-state index in [0.717, 1.165) is 5.92 Å². The van der Waals surface area contributed by atoms with Gasteiger partial charge in [0.05, 0.1) is 0 Å². The summed E-state index contributed by atoms with van der Waals surface area (Å²) in [4.78, 5) is 2.64. The molecular formula is C13H26N2. The molecule has 88 valence electrons. The van der Waals surface area contributed by atoms with E-state index >= 15 is 0 Å². The average molecular weight is 210 g/mol. The zero-order valence-corrected chi connectivity index (χ0v) is 10.2. The fourth-order valence-electron chi connectivity index (χ4n) is 2.81. The summed E-state index contributed by atoms with van der Waals surface area (Å²) in [5, 5.41) is 0. The van der Waals surface area contributed by atoms with Gasteiger partial charge in [-0.2, -0.15) is 0 Å². The van der Waals surface area contributed by atoms with Gasteiger partial charge in [0.15, 0.2) is 0 Å². The number of nitrogens with zero attached hydrogens (tertiary/aromatic N) is 1. The molecule has 2 nitrogen and oxygen atoms in total. The van der Waals surface area contributed by atoms with E-state index in [2.05, 4.69) is 11.8 Å². The number of rotatable bonds is 3. The first-order chi connectivity index (χ1) is 7.18. The van der Waals surface area contributed by atoms with Gasteiger partial charge in [0.2, 0.25) is 0 Å². The third-order valence-corrected chi connectivity index (χ3v) is 4.38. The van der Waals surface area contributed by atoms with Gasteiger partial charge in [-0.05, 0) is 70.5 Å². The summed E-state index contributed by atoms with van der Waals surface area (Å²) in [6, 6.07) is 0. The lowest BCUT2D eigenvalue weighted by Crippen LogP contribution is -2.48. The molecule has 1 aliphatic heterocycles. The van der Waals surface area contributed by atoms with Gasteiger partial charge in [0.25, 0.3) is 0 Å². The van der Waals surface area contributed by atoms with E-state index in [0.29, 0.717) is 0 Å². The van der Waals surface area contributed by atoms with Crippen LogP contribution >= 0.6 is 0 Å². The van der Waals surface area contributed by atoms with Crippen LogP contribution in [0.3, 0.4) is 0 Å². The Bertz CT molecular complexity index is 199. The molecule has 0 radical (unpaired) electrons. The van der Waals surface area contributed by atoms with E-state index in [1.54, 1.807) is 0 Å². The molecular weight excluding hydrogens is 184 g/mol. The molecule has 0 spiro atoms. The Morgan fingerprint density at radius 3 is 2.67 bits per heavy atom. The molecule has 0 aromatic heterocycles. The Hall–Kier alpha value is -0.0800. The van der Waals surface area contributed by atoms with Crippen molar-refractivity contribution < 1.29 is 0 Å². The quantitative estimate of drug-likeness (QED) is 0.775. The molecule has 1 atom stereocenters. The molecule has 2 aliphatic rings. The van der Waals surface area contributed by atoms with Crippen molar-refractivity contribution in [2.24, 2.45) is 11.7 Å². The minimum atomic E-state index is 0.220. The highest BCUT2D eigenvalue weighted by atomic mass is 15.1. The van der Waals surface area contributed by atoms with Crippen LogP contribution in [0, 0.1) is 5.92 Å². The van der Waals surface area contributed by atoms with Crippen LogP contribution in [0.25, 0.3) is 0 Å². The number of hydrogen-bond acceptors (Lipinski definition) is 2. The van der Waals surface area contributed by atoms with E-state index in [-0.39, 0.29) is 5.54 Å². The summed E-state index contributed by atoms with van der Waals surface area (Å²) in [6.07, 6.45) is 9.30. The summed E-state index contributed by atoms with van der Waals surface area (Å²) < 4.78 is 0. The molecule has 2 fully saturated rings. The van der Waals surface area contributed by atoms with Gasteiger partial charge in [-0.3, -0.25) is 0 Å². The molecule has 1 saturated carbocycles. The van der Waals surface area contributed by atoms with E-state index in [1.807, 2.05) is 0 Å². The summed E-state index contributed by atoms with van der Waals surface area (Å²) in [7, 11) is 0. The van der Waals surface area contributed by atoms with Gasteiger partial charge in [-0.15, -0.1) is 0 Å². The van der Waals surface area contributed by atoms with Gasteiger partial charge in [-0.1, -0.05) is 6.92 Å². The highest BCUT2D eigenvalue weighted by Gasteiger charge is 2.32. The molecule has 0 aromatic carbocycles. The maximum atomic E-state index is 6.26. The second-order valence-corrected chi connectivity index (χ2v) is 5.84. The minimum Gasteiger partial charge on any atom is -0.325 e. The van der Waals surface area contributed by atoms with Crippen LogP contribution < -0.4 is 5.73 Å². The molecule has 2 heteroatoms. The number of likely N-dealkylation sites (tertiary alicyclic amines) is 1. The van der Waals surface area contributed by atoms with Crippen LogP contribution in [-0.2, 0) is 0 Å². The highest BCUT2D eigenvalue weighted by molar-refractivity contribution is 4.93. The fraction of sp³-hybridized carbons (Fsp3) is 1.00. The Balaban J connectivity index is 1.69. The second-order valence-electron chi connectivity index (χ2n) is 5.84. The predicted octanol–water partition coefficient (Wildman–Crippen LogP) is 2.38. The van der Waals surface area contributed by atoms with E-state index in [1.165, 1.54) is 64.6 Å². The SMILES string of the molecule is CC1CCCN(CCC2(N)CCC2)CC1. The van der Waals surface area contributed by atoms with Crippen molar-refractivity contribution in [1.29, 1.82) is 0 Å². The summed E-state index contributed by atoms with van der Waals surface area (Å²) in [5.41, 5.74) is 6.48. The van der Waals surface area contributed by atoms with Crippen LogP contribution in [-0.4, -0.2) is 30.1 Å². The standard InChI is InChI=1S/C13H26N2/c1-12-4-2-9-15(10-5-12)11-8-13(14)6-3-7-13/h12H,2-11,14H2,1H3. The minimum absolute atomic E-state index is 0.220. The number of hydrogen-bond donors (Lipinski definition) is 1. The lowest BCUT2D eigenvalue weighted by Gasteiger charge is -2.39. The van der Waals surface area contributed by atoms with Crippen LogP contribution in [0.4, 0.5) is 0 Å². The van der Waals surface area contributed by atoms with Crippen molar-refractivity contribution in [3.63, 3.8) is 0 Å². The summed E-state index contributed by atoms with van der Waals surface area (Å²) in [5.74, 6) is 0.936. The Morgan fingerprint density at radius 2 is 2.00 bits per heavy atom. The molecule has 15 heavy (non-hydrogen) atoms. The van der Waals surface area contributed by atoms with Crippen molar-refractivity contribution in [1.82, 2.24) is 4.90 Å². The molecule has 1 saturated heterocycles. The summed E-state index contributed by atoms with van der Waals surface area (Å²) >= 11 is 0. The first-order valence-electron chi connectivity index (χ1n) is 6.69. The van der Waals surface area contributed by atoms with Crippen LogP contribution in [0.1, 0.15) is 51.9 Å². The molecule has 1 unspecified atom stereocenters. The largest absolute Gasteiger partial charge is 0.325 e. The number of nitrogens with two attached hydrogens (primary N) is 1. The van der Waals surface area contributed by atoms with E-state index in [4.69, 9.17) is 5.73 Å². The molecule has 0 aromatic rings. The lowest BCUT2D eigenvalue weighted by molar-refractivity contribution is 0.183. The molecule has 1 heterocycles. The van der Waals surface area contributed by atoms with Gasteiger partial charge in [-0.25, -0.2) is 0 Å². The van der Waals surface area contributed by atoms with Crippen molar-refractivity contribution in [2.75, 3.05) is 19.6 Å². The Labute approximate surface area is 94.2 Å². The lowest BCUT2D eigenvalue weighted by atomic mass is 9.75. The zero-order chi connectivity index (χ0) is 10.7. The first-order valence-corrected chi connectivity index (χ1v) is 6.69. The maximum absolute atomic E-state index is 6.26. The van der Waals surface area contributed by atoms with Crippen molar-refractivity contribution in [3.05, 3.63) is 0 Å². The van der Waals surface area contributed by atoms with Crippen LogP contribution in [0.15, 0.2) is 0 Å². The monoisotopic (exact) mass is 210 g/mol. The molecule has 0 amide bonds. The van der Waals surface area contributed by atoms with Gasteiger partial charge < -0.3 is 10.6 Å². The third-order valence-electron chi connectivity index (χ3n) is 4.38. The van der Waals surface area contributed by atoms with Gasteiger partial charge in [0, 0.05) is 5.54 Å². The third kappa shape index (κ3) is 3.18. The molecule has 2 N–H and O–H groups in total. The van der Waals surface area contributed by atoms with Crippen molar-refractivity contribution >= 4 is 0 Å². The maximum Gasteiger partial charge on any atom is 0.0166 e. The normalized spacial score (nSPS) is 32.0. The summed E-state index contributed by atoms with van der Waals surface area (Å²) in [6.45, 7) is 6.24. The molecule has 1 aliphatic carbocycles. The average Bonchev–Trinajstić information content (AvgIpc) is 2.37. The highest BCUT2D eigenvalue weighted by Crippen LogP contribution is 2.32. The van der Waals surface area contributed by atoms with E-state index in [9.17, 15) is 0 Å². The second kappa shape index (κ2) is 4.84. The first kappa shape index (κ1) is 11.4. The van der Waals surface area contributed by atoms with Crippen LogP contribution in [0.5, 0.6) is 0 Å². The predicted molar refractivity (Wildman–Crippen MR) is 64.8 cm³/mol. The molecule has 0 bridgehead atoms. The van der Waals surface area contributed by atoms with Gasteiger partial charge in [0.1, 0.15) is 0 Å². The topological polar surface area (TPSA) is 29.3 Å². The van der Waals surface area contributed by atoms with Crippen molar-refractivity contribution in [2.45, 2.75) is 57.4 Å². The van der Waals surface area contributed by atoms with Crippen LogP contribution in [0.2, 0.25) is 0 Å². The van der Waals surface area contributed by atoms with E-state index < -0.39 is 0 Å². The Kier molecular flexibility index (Phi) is 3.68. The Morgan fingerprint density at radius 1 is 1.20 bits per heavy atom. The van der Waals surface area contributed by atoms with Crippen molar-refractivity contribution in [3.8, 4) is 0 Å². The smallest absolute Gasteiger partial charge is 0.0166 e. The molecule has 2 rings (SSSR count).